The van der Waals surface area contributed by atoms with Crippen LogP contribution >= 0.6 is 0 Å². The summed E-state index contributed by atoms with van der Waals surface area (Å²) in [6, 6.07) is 0. The second kappa shape index (κ2) is 66.6. The molecule has 79 heavy (non-hydrogen) atoms. The van der Waals surface area contributed by atoms with E-state index in [1.165, 1.54) is 154 Å². The Bertz CT molecular complexity index is 1590. The summed E-state index contributed by atoms with van der Waals surface area (Å²) < 4.78 is 17.0. The first-order valence-electron chi connectivity index (χ1n) is 33.4. The molecule has 0 rings (SSSR count). The minimum Gasteiger partial charge on any atom is -0.462 e. The predicted molar refractivity (Wildman–Crippen MR) is 343 cm³/mol. The molecule has 0 amide bonds. The van der Waals surface area contributed by atoms with Gasteiger partial charge in [0.25, 0.3) is 0 Å². The average molecular weight is 1100 g/mol. The highest BCUT2D eigenvalue weighted by atomic mass is 16.6. The fraction of sp³-hybridized carbons (Fsp3) is 0.712. The molecule has 0 radical (unpaired) electrons. The standard InChI is InChI=1S/C73H124O6/c1-4-7-10-13-16-19-22-25-28-31-33-34-35-36-37-38-40-42-45-48-51-54-57-60-63-66-72(75)78-69-70(68-77-71(74)65-62-59-56-53-50-47-44-41-30-27-24-21-18-15-12-9-6-3)79-73(76)67-64-61-58-55-52-49-46-43-39-32-29-26-23-20-17-14-11-8-5-2/h7-8,10-11,16-17,19-20,25-30,33-34,39,43,70H,4-6,9,12-15,18,21-24,31-32,35-38,40-42,44-69H2,1-3H3/b10-7-,11-8-,19-16-,20-17-,28-25-,29-26-,30-27-,34-33-,43-39-. The van der Waals surface area contributed by atoms with Crippen molar-refractivity contribution in [2.24, 2.45) is 0 Å². The van der Waals surface area contributed by atoms with E-state index in [4.69, 9.17) is 14.2 Å². The molecule has 0 aliphatic carbocycles. The van der Waals surface area contributed by atoms with Crippen LogP contribution in [-0.2, 0) is 28.6 Å². The van der Waals surface area contributed by atoms with Crippen LogP contribution in [0.3, 0.4) is 0 Å². The molecule has 0 aromatic carbocycles. The van der Waals surface area contributed by atoms with Crippen LogP contribution in [0.4, 0.5) is 0 Å². The molecule has 0 fully saturated rings. The Hall–Kier alpha value is -3.93. The SMILES string of the molecule is CC/C=C\C/C=C\C/C=C\C/C=C\CCCCCCCCCCCCCCC(=O)OCC(COC(=O)CCCCCCCCC/C=C\CCCCCCCC)OC(=O)CCCCCCCC/C=C\C/C=C\C/C=C\C/C=C\CC. The van der Waals surface area contributed by atoms with Gasteiger partial charge in [-0.15, -0.1) is 0 Å². The van der Waals surface area contributed by atoms with Crippen LogP contribution in [0.1, 0.15) is 316 Å². The molecule has 452 valence electrons. The van der Waals surface area contributed by atoms with Crippen molar-refractivity contribution in [2.75, 3.05) is 13.2 Å². The molecule has 0 N–H and O–H groups in total. The van der Waals surface area contributed by atoms with Crippen LogP contribution < -0.4 is 0 Å². The summed E-state index contributed by atoms with van der Waals surface area (Å²) in [4.78, 5) is 38.4. The number of esters is 3. The molecule has 0 aliphatic rings. The number of carbonyl (C=O) groups is 3. The third-order valence-electron chi connectivity index (χ3n) is 14.2. The minimum atomic E-state index is -0.791. The lowest BCUT2D eigenvalue weighted by Crippen LogP contribution is -2.30. The molecule has 0 bridgehead atoms. The number of hydrogen-bond donors (Lipinski definition) is 0. The molecule has 0 aliphatic heterocycles. The maximum atomic E-state index is 12.9. The van der Waals surface area contributed by atoms with Gasteiger partial charge < -0.3 is 14.2 Å². The summed E-state index contributed by atoms with van der Waals surface area (Å²) in [5, 5.41) is 0. The van der Waals surface area contributed by atoms with Gasteiger partial charge in [-0.3, -0.25) is 14.4 Å². The molecule has 1 atom stereocenters. The summed E-state index contributed by atoms with van der Waals surface area (Å²) in [5.41, 5.74) is 0. The highest BCUT2D eigenvalue weighted by Gasteiger charge is 2.19. The van der Waals surface area contributed by atoms with Gasteiger partial charge >= 0.3 is 17.9 Å². The van der Waals surface area contributed by atoms with Crippen molar-refractivity contribution < 1.29 is 28.6 Å². The third kappa shape index (κ3) is 64.8. The van der Waals surface area contributed by atoms with E-state index in [9.17, 15) is 14.4 Å². The summed E-state index contributed by atoms with van der Waals surface area (Å²) in [6.07, 6.45) is 90.9. The predicted octanol–water partition coefficient (Wildman–Crippen LogP) is 23.0. The quantitative estimate of drug-likeness (QED) is 0.0261. The number of unbranched alkanes of at least 4 members (excludes halogenated alkanes) is 31. The third-order valence-corrected chi connectivity index (χ3v) is 14.2. The summed E-state index contributed by atoms with van der Waals surface area (Å²) in [7, 11) is 0. The first-order valence-corrected chi connectivity index (χ1v) is 33.4. The second-order valence-corrected chi connectivity index (χ2v) is 22.0. The van der Waals surface area contributed by atoms with Crippen molar-refractivity contribution >= 4 is 17.9 Å². The second-order valence-electron chi connectivity index (χ2n) is 22.0. The van der Waals surface area contributed by atoms with Crippen LogP contribution in [-0.4, -0.2) is 37.2 Å². The van der Waals surface area contributed by atoms with Crippen LogP contribution in [0, 0.1) is 0 Å². The number of carbonyl (C=O) groups excluding carboxylic acids is 3. The Morgan fingerprint density at radius 3 is 0.785 bits per heavy atom. The Labute approximate surface area is 489 Å². The van der Waals surface area contributed by atoms with E-state index >= 15 is 0 Å². The van der Waals surface area contributed by atoms with Crippen LogP contribution in [0.5, 0.6) is 0 Å². The fourth-order valence-corrected chi connectivity index (χ4v) is 9.30. The van der Waals surface area contributed by atoms with Crippen molar-refractivity contribution in [3.05, 3.63) is 109 Å². The van der Waals surface area contributed by atoms with Gasteiger partial charge in [0.05, 0.1) is 0 Å². The van der Waals surface area contributed by atoms with Crippen molar-refractivity contribution in [3.63, 3.8) is 0 Å². The van der Waals surface area contributed by atoms with E-state index in [1.807, 2.05) is 0 Å². The van der Waals surface area contributed by atoms with Crippen LogP contribution in [0.2, 0.25) is 0 Å². The Morgan fingerprint density at radius 2 is 0.494 bits per heavy atom. The highest BCUT2D eigenvalue weighted by molar-refractivity contribution is 5.71. The molecule has 6 nitrogen and oxygen atoms in total. The summed E-state index contributed by atoms with van der Waals surface area (Å²) >= 11 is 0. The van der Waals surface area contributed by atoms with Gasteiger partial charge in [-0.2, -0.15) is 0 Å². The van der Waals surface area contributed by atoms with E-state index in [0.29, 0.717) is 19.3 Å². The van der Waals surface area contributed by atoms with Crippen molar-refractivity contribution in [1.82, 2.24) is 0 Å². The van der Waals surface area contributed by atoms with Gasteiger partial charge in [-0.25, -0.2) is 0 Å². The Morgan fingerprint density at radius 1 is 0.266 bits per heavy atom. The maximum Gasteiger partial charge on any atom is 0.306 e. The molecule has 1 unspecified atom stereocenters. The van der Waals surface area contributed by atoms with Gasteiger partial charge in [0.15, 0.2) is 6.10 Å². The zero-order valence-corrected chi connectivity index (χ0v) is 51.9. The van der Waals surface area contributed by atoms with Gasteiger partial charge in [0.2, 0.25) is 0 Å². The topological polar surface area (TPSA) is 78.9 Å². The van der Waals surface area contributed by atoms with Crippen molar-refractivity contribution in [3.8, 4) is 0 Å². The van der Waals surface area contributed by atoms with Gasteiger partial charge in [0, 0.05) is 19.3 Å². The van der Waals surface area contributed by atoms with Crippen LogP contribution in [0.15, 0.2) is 109 Å². The summed E-state index contributed by atoms with van der Waals surface area (Å²) in [5.74, 6) is -0.895. The lowest BCUT2D eigenvalue weighted by Gasteiger charge is -2.18. The van der Waals surface area contributed by atoms with E-state index in [2.05, 4.69) is 130 Å². The first-order chi connectivity index (χ1) is 39.0. The largest absolute Gasteiger partial charge is 0.462 e. The highest BCUT2D eigenvalue weighted by Crippen LogP contribution is 2.16. The fourth-order valence-electron chi connectivity index (χ4n) is 9.30. The van der Waals surface area contributed by atoms with Crippen molar-refractivity contribution in [1.29, 1.82) is 0 Å². The van der Waals surface area contributed by atoms with Gasteiger partial charge in [-0.05, 0) is 122 Å². The van der Waals surface area contributed by atoms with E-state index < -0.39 is 6.10 Å². The van der Waals surface area contributed by atoms with Crippen molar-refractivity contribution in [2.45, 2.75) is 322 Å². The monoisotopic (exact) mass is 1100 g/mol. The molecule has 0 saturated carbocycles. The molecule has 0 aromatic heterocycles. The molecular formula is C73H124O6. The smallest absolute Gasteiger partial charge is 0.306 e. The number of allylic oxidation sites excluding steroid dienone is 18. The number of rotatable bonds is 60. The van der Waals surface area contributed by atoms with Crippen LogP contribution in [0.25, 0.3) is 0 Å². The normalized spacial score (nSPS) is 12.8. The maximum absolute atomic E-state index is 12.9. The van der Waals surface area contributed by atoms with Gasteiger partial charge in [-0.1, -0.05) is 284 Å². The van der Waals surface area contributed by atoms with E-state index in [-0.39, 0.29) is 31.1 Å². The first kappa shape index (κ1) is 75.1. The molecule has 0 saturated heterocycles. The Balaban J connectivity index is 4.38. The zero-order valence-electron chi connectivity index (χ0n) is 51.9. The average Bonchev–Trinajstić information content (AvgIpc) is 3.45. The Kier molecular flexibility index (Phi) is 63.3. The van der Waals surface area contributed by atoms with Gasteiger partial charge in [0.1, 0.15) is 13.2 Å². The van der Waals surface area contributed by atoms with E-state index in [0.717, 1.165) is 122 Å². The molecule has 0 aromatic rings. The number of ether oxygens (including phenoxy) is 3. The minimum absolute atomic E-state index is 0.0860. The summed E-state index contributed by atoms with van der Waals surface area (Å²) in [6.45, 7) is 6.42. The number of hydrogen-bond acceptors (Lipinski definition) is 6. The molecule has 0 spiro atoms. The molecule has 6 heteroatoms. The van der Waals surface area contributed by atoms with E-state index in [1.54, 1.807) is 0 Å². The lowest BCUT2D eigenvalue weighted by molar-refractivity contribution is -0.167. The molecule has 0 heterocycles. The lowest BCUT2D eigenvalue weighted by atomic mass is 10.0. The zero-order chi connectivity index (χ0) is 57.1. The molecular weight excluding hydrogens is 973 g/mol.